The first-order valence-corrected chi connectivity index (χ1v) is 6.85. The molecule has 21 heavy (non-hydrogen) atoms. The highest BCUT2D eigenvalue weighted by Gasteiger charge is 2.13. The first-order chi connectivity index (χ1) is 10.0. The van der Waals surface area contributed by atoms with Crippen molar-refractivity contribution in [3.63, 3.8) is 0 Å². The number of likely N-dealkylation sites (N-methyl/N-ethyl adjacent to an activating group) is 1. The standard InChI is InChI=1S/C16H21N3O2/c1-12-14(10-17-19(12)3)11-18(2)16(20)9-13-5-7-15(21-4)8-6-13/h5-8,10H,9,11H2,1-4H3. The van der Waals surface area contributed by atoms with Crippen LogP contribution in [-0.2, 0) is 24.8 Å². The predicted octanol–water partition coefficient (Wildman–Crippen LogP) is 1.94. The van der Waals surface area contributed by atoms with Crippen LogP contribution in [0.4, 0.5) is 0 Å². The molecular weight excluding hydrogens is 266 g/mol. The number of methoxy groups -OCH3 is 1. The Morgan fingerprint density at radius 2 is 2.00 bits per heavy atom. The smallest absolute Gasteiger partial charge is 0.227 e. The highest BCUT2D eigenvalue weighted by Crippen LogP contribution is 2.13. The fourth-order valence-corrected chi connectivity index (χ4v) is 2.10. The van der Waals surface area contributed by atoms with E-state index in [1.807, 2.05) is 56.2 Å². The molecule has 0 atom stereocenters. The quantitative estimate of drug-likeness (QED) is 0.844. The minimum atomic E-state index is 0.0865. The maximum Gasteiger partial charge on any atom is 0.227 e. The van der Waals surface area contributed by atoms with Crippen molar-refractivity contribution in [2.24, 2.45) is 7.05 Å². The molecule has 112 valence electrons. The molecule has 2 rings (SSSR count). The van der Waals surface area contributed by atoms with E-state index in [2.05, 4.69) is 5.10 Å². The van der Waals surface area contributed by atoms with Crippen LogP contribution in [0.2, 0.25) is 0 Å². The number of carbonyl (C=O) groups is 1. The van der Waals surface area contributed by atoms with Crippen molar-refractivity contribution in [3.8, 4) is 5.75 Å². The summed E-state index contributed by atoms with van der Waals surface area (Å²) in [6.07, 6.45) is 2.20. The minimum absolute atomic E-state index is 0.0865. The molecule has 0 N–H and O–H groups in total. The molecule has 0 radical (unpaired) electrons. The molecule has 0 saturated heterocycles. The molecule has 0 spiro atoms. The van der Waals surface area contributed by atoms with Crippen molar-refractivity contribution in [1.29, 1.82) is 0 Å². The first kappa shape index (κ1) is 15.1. The summed E-state index contributed by atoms with van der Waals surface area (Å²) >= 11 is 0. The summed E-state index contributed by atoms with van der Waals surface area (Å²) in [5, 5.41) is 4.20. The topological polar surface area (TPSA) is 47.4 Å². The normalized spacial score (nSPS) is 10.5. The van der Waals surface area contributed by atoms with Crippen molar-refractivity contribution in [2.45, 2.75) is 19.9 Å². The Morgan fingerprint density at radius 3 is 2.52 bits per heavy atom. The molecule has 1 aromatic heterocycles. The SMILES string of the molecule is COc1ccc(CC(=O)N(C)Cc2cnn(C)c2C)cc1. The second kappa shape index (κ2) is 6.43. The van der Waals surface area contributed by atoms with E-state index in [0.29, 0.717) is 13.0 Å². The number of benzene rings is 1. The minimum Gasteiger partial charge on any atom is -0.497 e. The summed E-state index contributed by atoms with van der Waals surface area (Å²) in [5.74, 6) is 0.883. The third-order valence-corrected chi connectivity index (χ3v) is 3.68. The summed E-state index contributed by atoms with van der Waals surface area (Å²) in [5.41, 5.74) is 3.14. The number of hydrogen-bond acceptors (Lipinski definition) is 3. The number of hydrogen-bond donors (Lipinski definition) is 0. The average molecular weight is 287 g/mol. The van der Waals surface area contributed by atoms with Gasteiger partial charge in [-0.25, -0.2) is 0 Å². The maximum atomic E-state index is 12.3. The molecule has 0 saturated carbocycles. The van der Waals surface area contributed by atoms with Gasteiger partial charge >= 0.3 is 0 Å². The number of aryl methyl sites for hydroxylation is 1. The van der Waals surface area contributed by atoms with Crippen LogP contribution in [0.25, 0.3) is 0 Å². The third-order valence-electron chi connectivity index (χ3n) is 3.68. The van der Waals surface area contributed by atoms with Gasteiger partial charge in [0, 0.05) is 31.9 Å². The van der Waals surface area contributed by atoms with Crippen LogP contribution in [-0.4, -0.2) is 34.7 Å². The van der Waals surface area contributed by atoms with Crippen molar-refractivity contribution < 1.29 is 9.53 Å². The Kier molecular flexibility index (Phi) is 4.62. The summed E-state index contributed by atoms with van der Waals surface area (Å²) in [7, 11) is 5.35. The van der Waals surface area contributed by atoms with Crippen LogP contribution < -0.4 is 4.74 Å². The highest BCUT2D eigenvalue weighted by molar-refractivity contribution is 5.78. The fourth-order valence-electron chi connectivity index (χ4n) is 2.10. The van der Waals surface area contributed by atoms with E-state index >= 15 is 0 Å². The van der Waals surface area contributed by atoms with Gasteiger partial charge < -0.3 is 9.64 Å². The number of nitrogens with zero attached hydrogens (tertiary/aromatic N) is 3. The Morgan fingerprint density at radius 1 is 1.33 bits per heavy atom. The van der Waals surface area contributed by atoms with Crippen LogP contribution in [0.1, 0.15) is 16.8 Å². The van der Waals surface area contributed by atoms with Gasteiger partial charge in [-0.1, -0.05) is 12.1 Å². The van der Waals surface area contributed by atoms with Crippen LogP contribution in [0.5, 0.6) is 5.75 Å². The van der Waals surface area contributed by atoms with Gasteiger partial charge in [-0.3, -0.25) is 9.48 Å². The molecular formula is C16H21N3O2. The van der Waals surface area contributed by atoms with Crippen LogP contribution in [0, 0.1) is 6.92 Å². The number of amides is 1. The third kappa shape index (κ3) is 3.62. The summed E-state index contributed by atoms with van der Waals surface area (Å²) in [4.78, 5) is 14.0. The zero-order valence-corrected chi connectivity index (χ0v) is 13.0. The van der Waals surface area contributed by atoms with E-state index in [1.165, 1.54) is 0 Å². The molecule has 5 nitrogen and oxygen atoms in total. The molecule has 5 heteroatoms. The molecule has 1 amide bonds. The van der Waals surface area contributed by atoms with Crippen LogP contribution in [0.3, 0.4) is 0 Å². The van der Waals surface area contributed by atoms with Gasteiger partial charge in [-0.05, 0) is 24.6 Å². The summed E-state index contributed by atoms with van der Waals surface area (Å²) in [6.45, 7) is 2.58. The number of aromatic nitrogens is 2. The van der Waals surface area contributed by atoms with Gasteiger partial charge in [0.15, 0.2) is 0 Å². The monoisotopic (exact) mass is 287 g/mol. The Balaban J connectivity index is 1.97. The fraction of sp³-hybridized carbons (Fsp3) is 0.375. The molecule has 1 aromatic carbocycles. The van der Waals surface area contributed by atoms with E-state index < -0.39 is 0 Å². The Hall–Kier alpha value is -2.30. The van der Waals surface area contributed by atoms with Gasteiger partial charge in [-0.15, -0.1) is 0 Å². The maximum absolute atomic E-state index is 12.3. The zero-order chi connectivity index (χ0) is 15.4. The summed E-state index contributed by atoms with van der Waals surface area (Å²) < 4.78 is 6.93. The van der Waals surface area contributed by atoms with Crippen molar-refractivity contribution in [2.75, 3.05) is 14.2 Å². The van der Waals surface area contributed by atoms with Gasteiger partial charge in [0.25, 0.3) is 0 Å². The molecule has 0 aliphatic carbocycles. The molecule has 0 aliphatic rings. The van der Waals surface area contributed by atoms with E-state index in [0.717, 1.165) is 22.6 Å². The van der Waals surface area contributed by atoms with E-state index in [9.17, 15) is 4.79 Å². The lowest BCUT2D eigenvalue weighted by Crippen LogP contribution is -2.27. The lowest BCUT2D eigenvalue weighted by molar-refractivity contribution is -0.129. The Bertz CT molecular complexity index is 617. The number of carbonyl (C=O) groups excluding carboxylic acids is 1. The van der Waals surface area contributed by atoms with Crippen molar-refractivity contribution in [3.05, 3.63) is 47.3 Å². The van der Waals surface area contributed by atoms with Crippen LogP contribution >= 0.6 is 0 Å². The zero-order valence-electron chi connectivity index (χ0n) is 13.0. The van der Waals surface area contributed by atoms with Gasteiger partial charge in [-0.2, -0.15) is 5.10 Å². The van der Waals surface area contributed by atoms with Gasteiger partial charge in [0.1, 0.15) is 5.75 Å². The van der Waals surface area contributed by atoms with E-state index in [-0.39, 0.29) is 5.91 Å². The van der Waals surface area contributed by atoms with E-state index in [4.69, 9.17) is 4.74 Å². The lowest BCUT2D eigenvalue weighted by Gasteiger charge is -2.17. The van der Waals surface area contributed by atoms with Gasteiger partial charge in [0.2, 0.25) is 5.91 Å². The molecule has 1 heterocycles. The van der Waals surface area contributed by atoms with Crippen molar-refractivity contribution >= 4 is 5.91 Å². The molecule has 0 fully saturated rings. The number of ether oxygens (including phenoxy) is 1. The Labute approximate surface area is 125 Å². The van der Waals surface area contributed by atoms with Crippen molar-refractivity contribution in [1.82, 2.24) is 14.7 Å². The largest absolute Gasteiger partial charge is 0.497 e. The molecule has 0 bridgehead atoms. The highest BCUT2D eigenvalue weighted by atomic mass is 16.5. The second-order valence-corrected chi connectivity index (χ2v) is 5.15. The van der Waals surface area contributed by atoms with Crippen LogP contribution in [0.15, 0.2) is 30.5 Å². The second-order valence-electron chi connectivity index (χ2n) is 5.15. The summed E-state index contributed by atoms with van der Waals surface area (Å²) in [6, 6.07) is 7.57. The van der Waals surface area contributed by atoms with Gasteiger partial charge in [0.05, 0.1) is 19.7 Å². The average Bonchev–Trinajstić information content (AvgIpc) is 2.80. The lowest BCUT2D eigenvalue weighted by atomic mass is 10.1. The number of rotatable bonds is 5. The molecule has 2 aromatic rings. The predicted molar refractivity (Wildman–Crippen MR) is 81.1 cm³/mol. The van der Waals surface area contributed by atoms with E-state index in [1.54, 1.807) is 12.0 Å². The molecule has 0 aliphatic heterocycles. The first-order valence-electron chi connectivity index (χ1n) is 6.85. The molecule has 0 unspecified atom stereocenters.